The summed E-state index contributed by atoms with van der Waals surface area (Å²) in [6.45, 7) is -0.752. The maximum atomic E-state index is 11.9. The predicted octanol–water partition coefficient (Wildman–Crippen LogP) is 2.60. The van der Waals surface area contributed by atoms with E-state index < -0.39 is 6.86 Å². The van der Waals surface area contributed by atoms with Gasteiger partial charge in [-0.1, -0.05) is 11.6 Å². The van der Waals surface area contributed by atoms with E-state index >= 15 is 0 Å². The second kappa shape index (κ2) is 6.19. The van der Waals surface area contributed by atoms with Gasteiger partial charge in [-0.15, -0.1) is 0 Å². The lowest BCUT2D eigenvalue weighted by Crippen LogP contribution is -2.01. The summed E-state index contributed by atoms with van der Waals surface area (Å²) < 4.78 is 21.9. The molecule has 0 fully saturated rings. The molecule has 100 valence electrons. The van der Waals surface area contributed by atoms with Crippen molar-refractivity contribution in [3.63, 3.8) is 0 Å². The van der Waals surface area contributed by atoms with Crippen LogP contribution in [0.3, 0.4) is 0 Å². The van der Waals surface area contributed by atoms with Crippen molar-refractivity contribution in [3.05, 3.63) is 41.3 Å². The van der Waals surface area contributed by atoms with Crippen molar-refractivity contribution in [1.82, 2.24) is 9.97 Å². The topological polar surface area (TPSA) is 70.3 Å². The molecule has 2 rings (SSSR count). The summed E-state index contributed by atoms with van der Waals surface area (Å²) in [4.78, 5) is 7.87. The van der Waals surface area contributed by atoms with Gasteiger partial charge in [-0.3, -0.25) is 4.98 Å². The van der Waals surface area contributed by atoms with E-state index in [4.69, 9.17) is 22.1 Å². The van der Waals surface area contributed by atoms with E-state index in [-0.39, 0.29) is 12.5 Å². The van der Waals surface area contributed by atoms with Gasteiger partial charge >= 0.3 is 0 Å². The maximum Gasteiger partial charge on any atom is 0.234 e. The fourth-order valence-corrected chi connectivity index (χ4v) is 1.58. The molecule has 19 heavy (non-hydrogen) atoms. The fourth-order valence-electron chi connectivity index (χ4n) is 1.33. The molecule has 0 aliphatic heterocycles. The Morgan fingerprint density at radius 3 is 2.68 bits per heavy atom. The molecule has 0 spiro atoms. The molecule has 0 radical (unpaired) electrons. The van der Waals surface area contributed by atoms with Crippen LogP contribution in [-0.4, -0.2) is 16.8 Å². The highest BCUT2D eigenvalue weighted by atomic mass is 35.5. The number of aromatic nitrogens is 2. The highest BCUT2D eigenvalue weighted by Crippen LogP contribution is 2.26. The van der Waals surface area contributed by atoms with Crippen LogP contribution >= 0.6 is 11.6 Å². The quantitative estimate of drug-likeness (QED) is 0.854. The summed E-state index contributed by atoms with van der Waals surface area (Å²) in [6, 6.07) is 4.96. The number of benzene rings is 1. The van der Waals surface area contributed by atoms with Crippen molar-refractivity contribution in [2.45, 2.75) is 6.61 Å². The number of alkyl halides is 1. The van der Waals surface area contributed by atoms with E-state index in [1.165, 1.54) is 12.4 Å². The molecule has 1 aromatic heterocycles. The summed E-state index contributed by atoms with van der Waals surface area (Å²) in [7, 11) is 0. The summed E-state index contributed by atoms with van der Waals surface area (Å²) in [5.74, 6) is 0.624. The number of nitrogens with zero attached hydrogens (tertiary/aromatic N) is 2. The molecule has 1 heterocycles. The summed E-state index contributed by atoms with van der Waals surface area (Å²) in [5.41, 5.74) is 6.70. The van der Waals surface area contributed by atoms with Gasteiger partial charge in [0.25, 0.3) is 0 Å². The van der Waals surface area contributed by atoms with Crippen molar-refractivity contribution >= 4 is 17.3 Å². The lowest BCUT2D eigenvalue weighted by molar-refractivity contribution is 0.183. The molecular formula is C12H11ClFN3O2. The normalized spacial score (nSPS) is 10.2. The summed E-state index contributed by atoms with van der Waals surface area (Å²) in [6.07, 6.45) is 2.76. The molecule has 0 bridgehead atoms. The predicted molar refractivity (Wildman–Crippen MR) is 68.8 cm³/mol. The van der Waals surface area contributed by atoms with E-state index in [9.17, 15) is 4.39 Å². The van der Waals surface area contributed by atoms with E-state index in [2.05, 4.69) is 14.7 Å². The van der Waals surface area contributed by atoms with Crippen LogP contribution in [-0.2, 0) is 6.61 Å². The van der Waals surface area contributed by atoms with Crippen LogP contribution in [0.15, 0.2) is 30.6 Å². The van der Waals surface area contributed by atoms with Gasteiger partial charge in [0.1, 0.15) is 12.4 Å². The molecule has 2 N–H and O–H groups in total. The zero-order valence-electron chi connectivity index (χ0n) is 9.85. The molecule has 5 nitrogen and oxygen atoms in total. The highest BCUT2D eigenvalue weighted by molar-refractivity contribution is 6.32. The van der Waals surface area contributed by atoms with E-state index in [0.29, 0.717) is 22.2 Å². The molecule has 0 saturated carbocycles. The van der Waals surface area contributed by atoms with Crippen LogP contribution < -0.4 is 15.2 Å². The Hall–Kier alpha value is -2.08. The Balaban J connectivity index is 1.98. The number of anilines is 1. The Morgan fingerprint density at radius 2 is 2.05 bits per heavy atom. The average Bonchev–Trinajstić information content (AvgIpc) is 2.40. The molecule has 2 aromatic rings. The smallest absolute Gasteiger partial charge is 0.234 e. The Bertz CT molecular complexity index is 551. The minimum atomic E-state index is -0.939. The second-order valence-corrected chi connectivity index (χ2v) is 3.99. The standard InChI is InChI=1S/C12H11ClFN3O2/c13-10-3-8(15)1-2-11(10)18-6-9-4-17-12(5-16-9)19-7-14/h1-5H,6-7,15H2. The molecule has 0 aliphatic carbocycles. The Morgan fingerprint density at radius 1 is 1.21 bits per heavy atom. The van der Waals surface area contributed by atoms with Gasteiger partial charge in [-0.2, -0.15) is 0 Å². The minimum Gasteiger partial charge on any atom is -0.486 e. The van der Waals surface area contributed by atoms with Gasteiger partial charge in [-0.05, 0) is 18.2 Å². The molecule has 0 atom stereocenters. The van der Waals surface area contributed by atoms with Gasteiger partial charge in [-0.25, -0.2) is 9.37 Å². The Labute approximate surface area is 114 Å². The first kappa shape index (κ1) is 13.4. The van der Waals surface area contributed by atoms with Crippen molar-refractivity contribution < 1.29 is 13.9 Å². The van der Waals surface area contributed by atoms with Crippen LogP contribution in [0, 0.1) is 0 Å². The lowest BCUT2D eigenvalue weighted by Gasteiger charge is -2.08. The molecule has 0 unspecified atom stereocenters. The molecule has 0 amide bonds. The number of hydrogen-bond donors (Lipinski definition) is 1. The number of nitrogens with two attached hydrogens (primary N) is 1. The molecule has 0 saturated heterocycles. The van der Waals surface area contributed by atoms with E-state index in [1.807, 2.05) is 0 Å². The monoisotopic (exact) mass is 283 g/mol. The van der Waals surface area contributed by atoms with E-state index in [1.54, 1.807) is 18.2 Å². The van der Waals surface area contributed by atoms with Crippen LogP contribution in [0.5, 0.6) is 11.6 Å². The maximum absolute atomic E-state index is 11.9. The van der Waals surface area contributed by atoms with Gasteiger partial charge in [0, 0.05) is 5.69 Å². The fraction of sp³-hybridized carbons (Fsp3) is 0.167. The third kappa shape index (κ3) is 3.69. The lowest BCUT2D eigenvalue weighted by atomic mass is 10.3. The highest BCUT2D eigenvalue weighted by Gasteiger charge is 2.04. The first-order valence-electron chi connectivity index (χ1n) is 5.36. The molecular weight excluding hydrogens is 273 g/mol. The van der Waals surface area contributed by atoms with Crippen molar-refractivity contribution in [2.24, 2.45) is 0 Å². The minimum absolute atomic E-state index is 0.122. The number of ether oxygens (including phenoxy) is 2. The van der Waals surface area contributed by atoms with Crippen LogP contribution in [0.1, 0.15) is 5.69 Å². The number of hydrogen-bond acceptors (Lipinski definition) is 5. The second-order valence-electron chi connectivity index (χ2n) is 3.58. The average molecular weight is 284 g/mol. The number of halogens is 2. The molecule has 7 heteroatoms. The van der Waals surface area contributed by atoms with E-state index in [0.717, 1.165) is 0 Å². The SMILES string of the molecule is Nc1ccc(OCc2cnc(OCF)cn2)c(Cl)c1. The van der Waals surface area contributed by atoms with Crippen molar-refractivity contribution in [1.29, 1.82) is 0 Å². The Kier molecular flexibility index (Phi) is 4.35. The largest absolute Gasteiger partial charge is 0.486 e. The number of rotatable bonds is 5. The summed E-state index contributed by atoms with van der Waals surface area (Å²) >= 11 is 5.96. The van der Waals surface area contributed by atoms with Crippen molar-refractivity contribution in [2.75, 3.05) is 12.6 Å². The number of nitrogen functional groups attached to an aromatic ring is 1. The van der Waals surface area contributed by atoms with Gasteiger partial charge in [0.15, 0.2) is 0 Å². The van der Waals surface area contributed by atoms with Crippen LogP contribution in [0.4, 0.5) is 10.1 Å². The first-order chi connectivity index (χ1) is 9.19. The third-order valence-corrected chi connectivity index (χ3v) is 2.51. The van der Waals surface area contributed by atoms with Gasteiger partial charge in [0.05, 0.1) is 23.1 Å². The van der Waals surface area contributed by atoms with Gasteiger partial charge in [0.2, 0.25) is 12.7 Å². The first-order valence-corrected chi connectivity index (χ1v) is 5.74. The third-order valence-electron chi connectivity index (χ3n) is 2.22. The zero-order valence-corrected chi connectivity index (χ0v) is 10.6. The van der Waals surface area contributed by atoms with Gasteiger partial charge < -0.3 is 15.2 Å². The molecule has 0 aliphatic rings. The van der Waals surface area contributed by atoms with Crippen LogP contribution in [0.2, 0.25) is 5.02 Å². The molecule has 1 aromatic carbocycles. The van der Waals surface area contributed by atoms with Crippen molar-refractivity contribution in [3.8, 4) is 11.6 Å². The van der Waals surface area contributed by atoms with Crippen LogP contribution in [0.25, 0.3) is 0 Å². The zero-order chi connectivity index (χ0) is 13.7. The summed E-state index contributed by atoms with van der Waals surface area (Å²) in [5, 5.41) is 0.422.